The van der Waals surface area contributed by atoms with Crippen molar-refractivity contribution in [3.8, 4) is 11.7 Å². The van der Waals surface area contributed by atoms with Gasteiger partial charge in [0.2, 0.25) is 5.89 Å². The van der Waals surface area contributed by atoms with Gasteiger partial charge in [0.1, 0.15) is 0 Å². The smallest absolute Gasteiger partial charge is 0.283 e. The number of nitrogens with two attached hydrogens (primary N) is 1. The van der Waals surface area contributed by atoms with Gasteiger partial charge in [0, 0.05) is 12.3 Å². The van der Waals surface area contributed by atoms with Crippen LogP contribution in [0.5, 0.6) is 0 Å². The molecule has 5 nitrogen and oxygen atoms in total. The van der Waals surface area contributed by atoms with Crippen LogP contribution < -0.4 is 5.73 Å². The predicted molar refractivity (Wildman–Crippen MR) is 64.9 cm³/mol. The monoisotopic (exact) mass is 303 g/mol. The van der Waals surface area contributed by atoms with Crippen LogP contribution in [0.1, 0.15) is 5.89 Å². The Labute approximate surface area is 105 Å². The lowest BCUT2D eigenvalue weighted by molar-refractivity contribution is 0.486. The molecule has 0 saturated carbocycles. The van der Waals surface area contributed by atoms with E-state index in [1.165, 1.54) is 0 Å². The number of nitrogens with zero attached hydrogens (tertiary/aromatic N) is 2. The third-order valence-electron chi connectivity index (χ3n) is 1.74. The van der Waals surface area contributed by atoms with Crippen molar-refractivity contribution < 1.29 is 8.83 Å². The molecule has 0 aliphatic carbocycles. The highest BCUT2D eigenvalue weighted by molar-refractivity contribution is 9.10. The van der Waals surface area contributed by atoms with Gasteiger partial charge < -0.3 is 14.6 Å². The second-order valence-corrected chi connectivity index (χ2v) is 4.83. The Bertz CT molecular complexity index is 457. The van der Waals surface area contributed by atoms with Gasteiger partial charge in [0.25, 0.3) is 5.89 Å². The zero-order valence-corrected chi connectivity index (χ0v) is 10.8. The molecular weight excluding hydrogens is 294 g/mol. The van der Waals surface area contributed by atoms with Crippen molar-refractivity contribution in [3.05, 3.63) is 22.7 Å². The van der Waals surface area contributed by atoms with Crippen molar-refractivity contribution >= 4 is 27.7 Å². The van der Waals surface area contributed by atoms with E-state index in [0.29, 0.717) is 34.5 Å². The van der Waals surface area contributed by atoms with Crippen LogP contribution in [0.15, 0.2) is 25.6 Å². The van der Waals surface area contributed by atoms with Crippen molar-refractivity contribution in [2.45, 2.75) is 5.75 Å². The van der Waals surface area contributed by atoms with E-state index in [1.807, 2.05) is 0 Å². The Kier molecular flexibility index (Phi) is 4.03. The largest absolute Gasteiger partial charge is 0.444 e. The summed E-state index contributed by atoms with van der Waals surface area (Å²) in [5, 5.41) is 7.82. The Hall–Kier alpha value is -0.790. The van der Waals surface area contributed by atoms with E-state index >= 15 is 0 Å². The van der Waals surface area contributed by atoms with Crippen LogP contribution in [0, 0.1) is 0 Å². The number of thioether (sulfide) groups is 1. The van der Waals surface area contributed by atoms with E-state index in [0.717, 1.165) is 5.75 Å². The number of furan rings is 1. The van der Waals surface area contributed by atoms with Gasteiger partial charge in [-0.05, 0) is 28.1 Å². The highest BCUT2D eigenvalue weighted by atomic mass is 79.9. The van der Waals surface area contributed by atoms with E-state index in [-0.39, 0.29) is 0 Å². The summed E-state index contributed by atoms with van der Waals surface area (Å²) < 4.78 is 11.4. The summed E-state index contributed by atoms with van der Waals surface area (Å²) in [6.07, 6.45) is 0. The molecule has 0 fully saturated rings. The van der Waals surface area contributed by atoms with Gasteiger partial charge >= 0.3 is 0 Å². The minimum absolute atomic E-state index is 0.397. The molecule has 0 bridgehead atoms. The quantitative estimate of drug-likeness (QED) is 0.854. The van der Waals surface area contributed by atoms with Gasteiger partial charge in [-0.15, -0.1) is 10.2 Å². The van der Waals surface area contributed by atoms with E-state index in [9.17, 15) is 0 Å². The number of aromatic nitrogens is 2. The minimum Gasteiger partial charge on any atom is -0.444 e. The average Bonchev–Trinajstić information content (AvgIpc) is 2.87. The molecule has 0 atom stereocenters. The van der Waals surface area contributed by atoms with Crippen LogP contribution in [0.2, 0.25) is 0 Å². The molecule has 0 amide bonds. The van der Waals surface area contributed by atoms with Gasteiger partial charge in [-0.3, -0.25) is 0 Å². The van der Waals surface area contributed by atoms with E-state index in [1.54, 1.807) is 23.9 Å². The van der Waals surface area contributed by atoms with Gasteiger partial charge in [0.15, 0.2) is 10.4 Å². The molecule has 86 valence electrons. The maximum absolute atomic E-state index is 5.43. The zero-order valence-electron chi connectivity index (χ0n) is 8.35. The molecule has 2 aromatic heterocycles. The lowest BCUT2D eigenvalue weighted by Gasteiger charge is -1.92. The first-order chi connectivity index (χ1) is 7.79. The summed E-state index contributed by atoms with van der Waals surface area (Å²) >= 11 is 4.87. The second kappa shape index (κ2) is 5.51. The van der Waals surface area contributed by atoms with Gasteiger partial charge in [-0.2, -0.15) is 11.8 Å². The van der Waals surface area contributed by atoms with Crippen molar-refractivity contribution in [2.75, 3.05) is 12.3 Å². The standard InChI is InChI=1S/C9H10BrN3O2S/c10-7-2-1-6(14-7)9-13-12-8(15-9)5-16-4-3-11/h1-2H,3-5,11H2. The van der Waals surface area contributed by atoms with Crippen LogP contribution >= 0.6 is 27.7 Å². The molecule has 0 radical (unpaired) electrons. The first-order valence-electron chi connectivity index (χ1n) is 4.65. The number of halogens is 1. The molecule has 0 aliphatic rings. The molecule has 16 heavy (non-hydrogen) atoms. The number of rotatable bonds is 5. The van der Waals surface area contributed by atoms with Crippen molar-refractivity contribution in [2.24, 2.45) is 5.73 Å². The number of hydrogen-bond acceptors (Lipinski definition) is 6. The molecule has 2 rings (SSSR count). The highest BCUT2D eigenvalue weighted by Crippen LogP contribution is 2.24. The first kappa shape index (κ1) is 11.7. The normalized spacial score (nSPS) is 10.9. The fourth-order valence-corrected chi connectivity index (χ4v) is 1.99. The van der Waals surface area contributed by atoms with Gasteiger partial charge in [-0.1, -0.05) is 0 Å². The summed E-state index contributed by atoms with van der Waals surface area (Å²) in [7, 11) is 0. The molecule has 0 unspecified atom stereocenters. The van der Waals surface area contributed by atoms with E-state index < -0.39 is 0 Å². The third kappa shape index (κ3) is 2.87. The Morgan fingerprint density at radius 2 is 2.19 bits per heavy atom. The Balaban J connectivity index is 2.02. The fourth-order valence-electron chi connectivity index (χ4n) is 1.08. The van der Waals surface area contributed by atoms with Crippen LogP contribution in [-0.4, -0.2) is 22.5 Å². The topological polar surface area (TPSA) is 78.1 Å². The first-order valence-corrected chi connectivity index (χ1v) is 6.60. The Morgan fingerprint density at radius 3 is 2.88 bits per heavy atom. The van der Waals surface area contributed by atoms with Crippen LogP contribution in [0.3, 0.4) is 0 Å². The Morgan fingerprint density at radius 1 is 1.31 bits per heavy atom. The van der Waals surface area contributed by atoms with Crippen molar-refractivity contribution in [1.29, 1.82) is 0 Å². The summed E-state index contributed by atoms with van der Waals surface area (Å²) in [6.45, 7) is 0.650. The average molecular weight is 304 g/mol. The second-order valence-electron chi connectivity index (χ2n) is 2.95. The van der Waals surface area contributed by atoms with E-state index in [4.69, 9.17) is 14.6 Å². The van der Waals surface area contributed by atoms with Gasteiger partial charge in [0.05, 0.1) is 5.75 Å². The SMILES string of the molecule is NCCSCc1nnc(-c2ccc(Br)o2)o1. The molecule has 0 aromatic carbocycles. The third-order valence-corrected chi connectivity index (χ3v) is 3.14. The molecule has 2 aromatic rings. The molecule has 0 spiro atoms. The molecule has 0 saturated heterocycles. The maximum atomic E-state index is 5.43. The molecule has 2 heterocycles. The fraction of sp³-hybridized carbons (Fsp3) is 0.333. The highest BCUT2D eigenvalue weighted by Gasteiger charge is 2.11. The molecule has 0 aliphatic heterocycles. The molecule has 2 N–H and O–H groups in total. The van der Waals surface area contributed by atoms with Crippen LogP contribution in [0.25, 0.3) is 11.7 Å². The predicted octanol–water partition coefficient (Wildman–Crippen LogP) is 2.28. The summed E-state index contributed by atoms with van der Waals surface area (Å²) in [6, 6.07) is 3.55. The molecular formula is C9H10BrN3O2S. The van der Waals surface area contributed by atoms with Crippen molar-refractivity contribution in [3.63, 3.8) is 0 Å². The van der Waals surface area contributed by atoms with Crippen molar-refractivity contribution in [1.82, 2.24) is 10.2 Å². The summed E-state index contributed by atoms with van der Waals surface area (Å²) in [5.74, 6) is 3.10. The van der Waals surface area contributed by atoms with Crippen LogP contribution in [-0.2, 0) is 5.75 Å². The van der Waals surface area contributed by atoms with Crippen LogP contribution in [0.4, 0.5) is 0 Å². The lowest BCUT2D eigenvalue weighted by Crippen LogP contribution is -2.01. The molecule has 7 heteroatoms. The van der Waals surface area contributed by atoms with E-state index in [2.05, 4.69) is 26.1 Å². The zero-order chi connectivity index (χ0) is 11.4. The summed E-state index contributed by atoms with van der Waals surface area (Å²) in [4.78, 5) is 0. The number of hydrogen-bond donors (Lipinski definition) is 1. The maximum Gasteiger partial charge on any atom is 0.283 e. The van der Waals surface area contributed by atoms with Gasteiger partial charge in [-0.25, -0.2) is 0 Å². The lowest BCUT2D eigenvalue weighted by atomic mass is 10.5. The summed E-state index contributed by atoms with van der Waals surface area (Å²) in [5.41, 5.74) is 5.38. The minimum atomic E-state index is 0.397.